The molecule has 0 radical (unpaired) electrons. The summed E-state index contributed by atoms with van der Waals surface area (Å²) in [6.45, 7) is -0.113. The van der Waals surface area contributed by atoms with Crippen LogP contribution >= 0.6 is 23.2 Å². The van der Waals surface area contributed by atoms with Crippen LogP contribution in [0.3, 0.4) is 0 Å². The van der Waals surface area contributed by atoms with E-state index in [0.717, 1.165) is 10.6 Å². The summed E-state index contributed by atoms with van der Waals surface area (Å²) in [5.74, 6) is 0.900. The SMILES string of the molecule is COc1ccc(-c2nc3ccccn3c2N(NC(=O)OCc2ccc(Cl)cc2)C(=O)OCc2ccc(Cl)cc2)cc1. The predicted molar refractivity (Wildman–Crippen MR) is 156 cm³/mol. The molecule has 208 valence electrons. The van der Waals surface area contributed by atoms with Gasteiger partial charge in [-0.15, -0.1) is 0 Å². The number of rotatable bonds is 7. The Kier molecular flexibility index (Phi) is 8.57. The lowest BCUT2D eigenvalue weighted by atomic mass is 10.1. The van der Waals surface area contributed by atoms with Gasteiger partial charge in [-0.1, -0.05) is 53.5 Å². The number of anilines is 1. The summed E-state index contributed by atoms with van der Waals surface area (Å²) >= 11 is 11.9. The van der Waals surface area contributed by atoms with Crippen molar-refractivity contribution in [3.05, 3.63) is 118 Å². The summed E-state index contributed by atoms with van der Waals surface area (Å²) in [7, 11) is 1.57. The fourth-order valence-corrected chi connectivity index (χ4v) is 4.22. The Balaban J connectivity index is 1.48. The lowest BCUT2D eigenvalue weighted by Crippen LogP contribution is -2.47. The smallest absolute Gasteiger partial charge is 0.435 e. The van der Waals surface area contributed by atoms with Crippen LogP contribution in [0.25, 0.3) is 16.9 Å². The molecule has 5 rings (SSSR count). The van der Waals surface area contributed by atoms with Gasteiger partial charge in [-0.2, -0.15) is 5.01 Å². The maximum absolute atomic E-state index is 13.6. The number of imidazole rings is 1. The van der Waals surface area contributed by atoms with E-state index in [-0.39, 0.29) is 19.0 Å². The Morgan fingerprint density at radius 1 is 0.829 bits per heavy atom. The summed E-state index contributed by atoms with van der Waals surface area (Å²) < 4.78 is 18.0. The predicted octanol–water partition coefficient (Wildman–Crippen LogP) is 7.30. The maximum Gasteiger partial charge on any atom is 0.435 e. The maximum atomic E-state index is 13.6. The molecule has 5 aromatic rings. The Morgan fingerprint density at radius 3 is 2.05 bits per heavy atom. The Hall–Kier alpha value is -4.73. The third-order valence-corrected chi connectivity index (χ3v) is 6.53. The summed E-state index contributed by atoms with van der Waals surface area (Å²) in [4.78, 5) is 31.3. The number of pyridine rings is 1. The number of hydrogen-bond acceptors (Lipinski definition) is 6. The van der Waals surface area contributed by atoms with Crippen molar-refractivity contribution in [1.82, 2.24) is 14.8 Å². The molecule has 0 saturated heterocycles. The van der Waals surface area contributed by atoms with Gasteiger partial charge in [0.2, 0.25) is 0 Å². The summed E-state index contributed by atoms with van der Waals surface area (Å²) in [6, 6.07) is 26.3. The molecule has 0 unspecified atom stereocenters. The number of halogens is 2. The molecule has 41 heavy (non-hydrogen) atoms. The number of hydrazine groups is 1. The number of methoxy groups -OCH3 is 1. The van der Waals surface area contributed by atoms with Crippen LogP contribution < -0.4 is 15.2 Å². The highest BCUT2D eigenvalue weighted by Crippen LogP contribution is 2.32. The first-order chi connectivity index (χ1) is 19.9. The molecule has 0 aliphatic carbocycles. The quantitative estimate of drug-likeness (QED) is 0.200. The van der Waals surface area contributed by atoms with Crippen molar-refractivity contribution < 1.29 is 23.8 Å². The molecule has 0 aliphatic rings. The zero-order chi connectivity index (χ0) is 28.8. The van der Waals surface area contributed by atoms with E-state index in [4.69, 9.17) is 42.4 Å². The number of hydrogen-bond donors (Lipinski definition) is 1. The normalized spacial score (nSPS) is 10.7. The van der Waals surface area contributed by atoms with E-state index in [1.807, 2.05) is 6.07 Å². The zero-order valence-electron chi connectivity index (χ0n) is 21.8. The highest BCUT2D eigenvalue weighted by Gasteiger charge is 2.29. The second-order valence-corrected chi connectivity index (χ2v) is 9.65. The number of carbonyl (C=O) groups excluding carboxylic acids is 2. The molecule has 2 amide bonds. The molecule has 0 fully saturated rings. The molecule has 9 nitrogen and oxygen atoms in total. The highest BCUT2D eigenvalue weighted by molar-refractivity contribution is 6.30. The second-order valence-electron chi connectivity index (χ2n) is 8.77. The van der Waals surface area contributed by atoms with E-state index in [9.17, 15) is 9.59 Å². The number of carbonyl (C=O) groups is 2. The molecular formula is C30H24Cl2N4O5. The molecule has 11 heteroatoms. The van der Waals surface area contributed by atoms with E-state index < -0.39 is 12.2 Å². The van der Waals surface area contributed by atoms with Crippen molar-refractivity contribution in [2.45, 2.75) is 13.2 Å². The third kappa shape index (κ3) is 6.71. The number of nitrogens with zero attached hydrogens (tertiary/aromatic N) is 3. The van der Waals surface area contributed by atoms with Crippen LogP contribution in [0, 0.1) is 0 Å². The van der Waals surface area contributed by atoms with Gasteiger partial charge in [0.15, 0.2) is 5.82 Å². The fourth-order valence-electron chi connectivity index (χ4n) is 3.97. The van der Waals surface area contributed by atoms with E-state index in [2.05, 4.69) is 5.43 Å². The molecule has 2 aromatic heterocycles. The first kappa shape index (κ1) is 27.8. The molecule has 0 spiro atoms. The van der Waals surface area contributed by atoms with Gasteiger partial charge in [-0.05, 0) is 71.8 Å². The van der Waals surface area contributed by atoms with Crippen molar-refractivity contribution in [1.29, 1.82) is 0 Å². The second kappa shape index (κ2) is 12.6. The molecule has 0 saturated carbocycles. The topological polar surface area (TPSA) is 94.4 Å². The number of ether oxygens (including phenoxy) is 3. The highest BCUT2D eigenvalue weighted by atomic mass is 35.5. The lowest BCUT2D eigenvalue weighted by molar-refractivity contribution is 0.126. The minimum atomic E-state index is -0.880. The van der Waals surface area contributed by atoms with Gasteiger partial charge in [0, 0.05) is 21.8 Å². The van der Waals surface area contributed by atoms with E-state index in [0.29, 0.717) is 38.3 Å². The first-order valence-corrected chi connectivity index (χ1v) is 13.2. The van der Waals surface area contributed by atoms with E-state index in [1.54, 1.807) is 103 Å². The van der Waals surface area contributed by atoms with Crippen LogP contribution in [0.2, 0.25) is 10.0 Å². The molecule has 1 N–H and O–H groups in total. The van der Waals surface area contributed by atoms with Gasteiger partial charge in [0.25, 0.3) is 0 Å². The van der Waals surface area contributed by atoms with Crippen LogP contribution in [0.1, 0.15) is 11.1 Å². The standard InChI is InChI=1S/C30H24Cl2N4O5/c1-39-25-15-9-22(10-16-25)27-28(35-17-3-2-4-26(35)33-27)36(30(38)41-19-21-7-13-24(32)14-8-21)34-29(37)40-18-20-5-11-23(31)12-6-20/h2-17H,18-19H2,1H3,(H,34,37). The first-order valence-electron chi connectivity index (χ1n) is 12.4. The van der Waals surface area contributed by atoms with Crippen LogP contribution in [-0.2, 0) is 22.7 Å². The van der Waals surface area contributed by atoms with Crippen molar-refractivity contribution in [3.63, 3.8) is 0 Å². The van der Waals surface area contributed by atoms with Gasteiger partial charge >= 0.3 is 12.2 Å². The summed E-state index contributed by atoms with van der Waals surface area (Å²) in [5, 5.41) is 2.10. The monoisotopic (exact) mass is 590 g/mol. The Bertz CT molecular complexity index is 1660. The van der Waals surface area contributed by atoms with E-state index >= 15 is 0 Å². The summed E-state index contributed by atoms with van der Waals surface area (Å²) in [5.41, 5.74) is 5.60. The Morgan fingerprint density at radius 2 is 1.44 bits per heavy atom. The molecule has 0 aliphatic heterocycles. The van der Waals surface area contributed by atoms with Crippen molar-refractivity contribution in [3.8, 4) is 17.0 Å². The van der Waals surface area contributed by atoms with Crippen molar-refractivity contribution >= 4 is 46.9 Å². The van der Waals surface area contributed by atoms with Crippen molar-refractivity contribution in [2.24, 2.45) is 0 Å². The van der Waals surface area contributed by atoms with Gasteiger partial charge in [0.1, 0.15) is 30.3 Å². The minimum absolute atomic E-state index is 0.0465. The number of nitrogens with one attached hydrogen (secondary N) is 1. The Labute approximate surface area is 245 Å². The summed E-state index contributed by atoms with van der Waals surface area (Å²) in [6.07, 6.45) is -0.0102. The largest absolute Gasteiger partial charge is 0.497 e. The molecule has 3 aromatic carbocycles. The molecular weight excluding hydrogens is 567 g/mol. The lowest BCUT2D eigenvalue weighted by Gasteiger charge is -2.23. The molecule has 2 heterocycles. The zero-order valence-corrected chi connectivity index (χ0v) is 23.3. The van der Waals surface area contributed by atoms with E-state index in [1.165, 1.54) is 0 Å². The van der Waals surface area contributed by atoms with Crippen LogP contribution in [-0.4, -0.2) is 28.7 Å². The van der Waals surface area contributed by atoms with Gasteiger partial charge in [0.05, 0.1) is 7.11 Å². The molecule has 0 bridgehead atoms. The van der Waals surface area contributed by atoms with Crippen LogP contribution in [0.5, 0.6) is 5.75 Å². The average molecular weight is 591 g/mol. The van der Waals surface area contributed by atoms with Gasteiger partial charge in [-0.3, -0.25) is 4.40 Å². The van der Waals surface area contributed by atoms with Crippen LogP contribution in [0.15, 0.2) is 97.2 Å². The van der Waals surface area contributed by atoms with Crippen molar-refractivity contribution in [2.75, 3.05) is 12.1 Å². The fraction of sp³-hybridized carbons (Fsp3) is 0.100. The third-order valence-electron chi connectivity index (χ3n) is 6.02. The van der Waals surface area contributed by atoms with Gasteiger partial charge < -0.3 is 14.2 Å². The average Bonchev–Trinajstić information content (AvgIpc) is 3.38. The number of fused-ring (bicyclic) bond motifs is 1. The molecule has 0 atom stereocenters. The number of aromatic nitrogens is 2. The minimum Gasteiger partial charge on any atom is -0.497 e. The van der Waals surface area contributed by atoms with Crippen LogP contribution in [0.4, 0.5) is 15.4 Å². The van der Waals surface area contributed by atoms with Gasteiger partial charge in [-0.25, -0.2) is 20.0 Å². The number of benzene rings is 3. The number of amides is 2.